The van der Waals surface area contributed by atoms with Crippen molar-refractivity contribution in [1.29, 1.82) is 10.5 Å². The molecule has 4 heteroatoms. The van der Waals surface area contributed by atoms with Crippen LogP contribution < -0.4 is 0 Å². The highest BCUT2D eigenvalue weighted by Gasteiger charge is 2.22. The molecule has 3 nitrogen and oxygen atoms in total. The number of allylic oxidation sites excluding steroid dienone is 3. The molecule has 0 atom stereocenters. The molecule has 1 aliphatic rings. The van der Waals surface area contributed by atoms with Gasteiger partial charge >= 0.3 is 0 Å². The lowest BCUT2D eigenvalue weighted by atomic mass is 10.0. The molecule has 0 aromatic heterocycles. The minimum Gasteiger partial charge on any atom is -0.361 e. The van der Waals surface area contributed by atoms with E-state index in [-0.39, 0.29) is 5.57 Å². The van der Waals surface area contributed by atoms with Crippen molar-refractivity contribution in [2.45, 2.75) is 6.42 Å². The molecule has 0 saturated carbocycles. The van der Waals surface area contributed by atoms with Gasteiger partial charge in [0.05, 0.1) is 5.03 Å². The zero-order valence-corrected chi connectivity index (χ0v) is 15.7. The van der Waals surface area contributed by atoms with E-state index >= 15 is 0 Å². The smallest absolute Gasteiger partial charge is 0.137 e. The van der Waals surface area contributed by atoms with Gasteiger partial charge in [0.15, 0.2) is 0 Å². The summed E-state index contributed by atoms with van der Waals surface area (Å²) in [6.07, 6.45) is 2.88. The minimum atomic E-state index is 0.120. The summed E-state index contributed by atoms with van der Waals surface area (Å²) in [5.74, 6) is 0. The lowest BCUT2D eigenvalue weighted by Gasteiger charge is -2.19. The van der Waals surface area contributed by atoms with Crippen LogP contribution in [0, 0.1) is 22.7 Å². The fraction of sp³-hybridized carbons (Fsp3) is 0.130. The largest absolute Gasteiger partial charge is 0.361 e. The van der Waals surface area contributed by atoms with Gasteiger partial charge in [-0.3, -0.25) is 0 Å². The Morgan fingerprint density at radius 2 is 1.67 bits per heavy atom. The summed E-state index contributed by atoms with van der Waals surface area (Å²) in [5, 5.41) is 19.8. The van der Waals surface area contributed by atoms with Crippen LogP contribution in [0.3, 0.4) is 0 Å². The van der Waals surface area contributed by atoms with Gasteiger partial charge in [0.25, 0.3) is 0 Å². The van der Waals surface area contributed by atoms with Gasteiger partial charge in [0.2, 0.25) is 0 Å². The van der Waals surface area contributed by atoms with Gasteiger partial charge in [0.1, 0.15) is 17.7 Å². The molecule has 1 fully saturated rings. The molecule has 0 amide bonds. The van der Waals surface area contributed by atoms with Gasteiger partial charge in [-0.2, -0.15) is 10.5 Å². The second kappa shape index (κ2) is 8.94. The molecule has 27 heavy (non-hydrogen) atoms. The first-order chi connectivity index (χ1) is 13.2. The maximum atomic E-state index is 9.40. The SMILES string of the molecule is C=C1CN(CCc2ccccc2)/C(=C/C(=C(C#N)C#N)c2ccccc2)S1. The Morgan fingerprint density at radius 3 is 2.30 bits per heavy atom. The van der Waals surface area contributed by atoms with Crippen molar-refractivity contribution in [2.75, 3.05) is 13.1 Å². The highest BCUT2D eigenvalue weighted by Crippen LogP contribution is 2.38. The fourth-order valence-corrected chi connectivity index (χ4v) is 3.92. The zero-order valence-electron chi connectivity index (χ0n) is 14.9. The third-order valence-corrected chi connectivity index (χ3v) is 5.29. The van der Waals surface area contributed by atoms with Crippen molar-refractivity contribution in [3.63, 3.8) is 0 Å². The molecule has 0 bridgehead atoms. The molecule has 1 heterocycles. The number of thioether (sulfide) groups is 1. The van der Waals surface area contributed by atoms with Gasteiger partial charge in [-0.15, -0.1) is 0 Å². The standard InChI is InChI=1S/C23H19N3S/c1-18-17-26(13-12-19-8-4-2-5-9-19)23(27-18)14-22(21(15-24)16-25)20-10-6-3-7-11-20/h2-11,14H,1,12-13,17H2/b23-14-. The van der Waals surface area contributed by atoms with Crippen LogP contribution in [0.25, 0.3) is 5.57 Å². The molecule has 0 N–H and O–H groups in total. The summed E-state index contributed by atoms with van der Waals surface area (Å²) in [6.45, 7) is 5.75. The van der Waals surface area contributed by atoms with Crippen molar-refractivity contribution in [2.24, 2.45) is 0 Å². The van der Waals surface area contributed by atoms with Gasteiger partial charge in [-0.05, 0) is 23.6 Å². The van der Waals surface area contributed by atoms with Crippen LogP contribution in [0.5, 0.6) is 0 Å². The van der Waals surface area contributed by atoms with Gasteiger partial charge in [-0.25, -0.2) is 0 Å². The first-order valence-corrected chi connectivity index (χ1v) is 9.49. The lowest BCUT2D eigenvalue weighted by Crippen LogP contribution is -2.21. The van der Waals surface area contributed by atoms with Crippen molar-refractivity contribution < 1.29 is 0 Å². The Morgan fingerprint density at radius 1 is 1.04 bits per heavy atom. The number of hydrogen-bond donors (Lipinski definition) is 0. The Labute approximate surface area is 164 Å². The van der Waals surface area contributed by atoms with E-state index in [4.69, 9.17) is 0 Å². The van der Waals surface area contributed by atoms with E-state index in [1.807, 2.05) is 66.7 Å². The molecule has 0 aliphatic carbocycles. The van der Waals surface area contributed by atoms with E-state index in [1.165, 1.54) is 5.56 Å². The average molecular weight is 369 g/mol. The Kier molecular flexibility index (Phi) is 6.15. The predicted octanol–water partition coefficient (Wildman–Crippen LogP) is 5.13. The number of hydrogen-bond acceptors (Lipinski definition) is 4. The Balaban J connectivity index is 1.91. The van der Waals surface area contributed by atoms with Crippen molar-refractivity contribution in [3.8, 4) is 12.1 Å². The van der Waals surface area contributed by atoms with E-state index < -0.39 is 0 Å². The van der Waals surface area contributed by atoms with Crippen molar-refractivity contribution >= 4 is 17.3 Å². The summed E-state index contributed by atoms with van der Waals surface area (Å²) in [4.78, 5) is 3.33. The molecule has 1 saturated heterocycles. The second-order valence-corrected chi connectivity index (χ2v) is 7.36. The van der Waals surface area contributed by atoms with E-state index in [0.29, 0.717) is 5.57 Å². The van der Waals surface area contributed by atoms with Crippen LogP contribution in [-0.4, -0.2) is 18.0 Å². The molecule has 0 unspecified atom stereocenters. The number of nitrogens with zero attached hydrogens (tertiary/aromatic N) is 3. The molecule has 2 aromatic rings. The Bertz CT molecular complexity index is 944. The normalized spacial score (nSPS) is 14.7. The van der Waals surface area contributed by atoms with Gasteiger partial charge in [-0.1, -0.05) is 79.0 Å². The van der Waals surface area contributed by atoms with E-state index in [0.717, 1.165) is 35.0 Å². The highest BCUT2D eigenvalue weighted by atomic mass is 32.2. The molecular formula is C23H19N3S. The monoisotopic (exact) mass is 369 g/mol. The van der Waals surface area contributed by atoms with Crippen LogP contribution in [-0.2, 0) is 6.42 Å². The second-order valence-electron chi connectivity index (χ2n) is 6.16. The summed E-state index contributed by atoms with van der Waals surface area (Å²) >= 11 is 1.61. The third-order valence-electron chi connectivity index (χ3n) is 4.29. The fourth-order valence-electron chi connectivity index (χ4n) is 2.94. The van der Waals surface area contributed by atoms with Crippen LogP contribution in [0.4, 0.5) is 0 Å². The minimum absolute atomic E-state index is 0.120. The third kappa shape index (κ3) is 4.70. The molecule has 2 aromatic carbocycles. The molecular weight excluding hydrogens is 350 g/mol. The molecule has 0 radical (unpaired) electrons. The number of nitriles is 2. The topological polar surface area (TPSA) is 50.8 Å². The summed E-state index contributed by atoms with van der Waals surface area (Å²) in [6, 6.07) is 24.0. The first-order valence-electron chi connectivity index (χ1n) is 8.67. The highest BCUT2D eigenvalue weighted by molar-refractivity contribution is 8.07. The Hall–Kier alpha value is -3.21. The molecule has 132 valence electrons. The van der Waals surface area contributed by atoms with Crippen molar-refractivity contribution in [3.05, 3.63) is 100.0 Å². The average Bonchev–Trinajstić information content (AvgIpc) is 3.07. The maximum Gasteiger partial charge on any atom is 0.137 e. The quantitative estimate of drug-likeness (QED) is 0.685. The van der Waals surface area contributed by atoms with Crippen molar-refractivity contribution in [1.82, 2.24) is 4.90 Å². The van der Waals surface area contributed by atoms with Gasteiger partial charge in [0, 0.05) is 23.6 Å². The summed E-state index contributed by atoms with van der Waals surface area (Å²) in [5.41, 5.74) is 2.93. The molecule has 0 spiro atoms. The van der Waals surface area contributed by atoms with E-state index in [1.54, 1.807) is 11.8 Å². The zero-order chi connectivity index (χ0) is 19.1. The lowest BCUT2D eigenvalue weighted by molar-refractivity contribution is 0.418. The van der Waals surface area contributed by atoms with E-state index in [9.17, 15) is 10.5 Å². The number of rotatable bonds is 5. The van der Waals surface area contributed by atoms with Crippen LogP contribution in [0.1, 0.15) is 11.1 Å². The van der Waals surface area contributed by atoms with Crippen LogP contribution in [0.2, 0.25) is 0 Å². The van der Waals surface area contributed by atoms with Crippen LogP contribution in [0.15, 0.2) is 88.8 Å². The predicted molar refractivity (Wildman–Crippen MR) is 111 cm³/mol. The van der Waals surface area contributed by atoms with Gasteiger partial charge < -0.3 is 4.90 Å². The molecule has 3 rings (SSSR count). The maximum absolute atomic E-state index is 9.40. The van der Waals surface area contributed by atoms with Crippen LogP contribution >= 0.6 is 11.8 Å². The first kappa shape index (κ1) is 18.6. The molecule has 1 aliphatic heterocycles. The summed E-state index contributed by atoms with van der Waals surface area (Å²) < 4.78 is 0. The summed E-state index contributed by atoms with van der Waals surface area (Å²) in [7, 11) is 0. The van der Waals surface area contributed by atoms with E-state index in [2.05, 4.69) is 23.6 Å². The number of benzene rings is 2.